The number of rotatable bonds is 2. The van der Waals surface area contributed by atoms with Crippen molar-refractivity contribution in [2.24, 2.45) is 0 Å². The Kier molecular flexibility index (Phi) is 3.48. The normalized spacial score (nSPS) is 22.2. The van der Waals surface area contributed by atoms with Gasteiger partial charge in [0.15, 0.2) is 0 Å². The topological polar surface area (TPSA) is 35.0 Å². The van der Waals surface area contributed by atoms with Gasteiger partial charge in [0.05, 0.1) is 18.0 Å². The number of nitrogens with zero attached hydrogens (tertiary/aromatic N) is 2. The summed E-state index contributed by atoms with van der Waals surface area (Å²) in [6, 6.07) is 2.00. The zero-order chi connectivity index (χ0) is 9.80. The minimum absolute atomic E-state index is 0.340. The van der Waals surface area contributed by atoms with E-state index < -0.39 is 0 Å². The third kappa shape index (κ3) is 2.75. The molecule has 1 unspecified atom stereocenters. The van der Waals surface area contributed by atoms with Crippen molar-refractivity contribution in [3.05, 3.63) is 22.4 Å². The second-order valence-corrected chi connectivity index (χ2v) is 4.47. The average molecular weight is 257 g/mol. The van der Waals surface area contributed by atoms with E-state index in [9.17, 15) is 0 Å². The molecule has 4 heteroatoms. The van der Waals surface area contributed by atoms with Crippen LogP contribution in [0.15, 0.2) is 16.7 Å². The van der Waals surface area contributed by atoms with Crippen LogP contribution in [0.1, 0.15) is 25.0 Å². The highest BCUT2D eigenvalue weighted by molar-refractivity contribution is 9.10. The van der Waals surface area contributed by atoms with Gasteiger partial charge in [-0.2, -0.15) is 10.2 Å². The van der Waals surface area contributed by atoms with Crippen molar-refractivity contribution >= 4 is 15.9 Å². The van der Waals surface area contributed by atoms with Gasteiger partial charge in [-0.15, -0.1) is 0 Å². The molecule has 1 saturated heterocycles. The summed E-state index contributed by atoms with van der Waals surface area (Å²) in [6.45, 7) is 0.895. The van der Waals surface area contributed by atoms with Crippen molar-refractivity contribution in [3.63, 3.8) is 0 Å². The van der Waals surface area contributed by atoms with E-state index in [2.05, 4.69) is 26.1 Å². The summed E-state index contributed by atoms with van der Waals surface area (Å²) >= 11 is 3.38. The fraction of sp³-hybridized carbons (Fsp3) is 0.600. The molecule has 0 aliphatic carbocycles. The maximum atomic E-state index is 5.64. The van der Waals surface area contributed by atoms with Gasteiger partial charge in [0.25, 0.3) is 0 Å². The molecule has 0 amide bonds. The fourth-order valence-corrected chi connectivity index (χ4v) is 2.04. The minimum Gasteiger partial charge on any atom is -0.378 e. The molecule has 76 valence electrons. The van der Waals surface area contributed by atoms with Crippen LogP contribution in [0.5, 0.6) is 0 Å². The third-order valence-electron chi connectivity index (χ3n) is 2.38. The molecule has 1 aromatic heterocycles. The zero-order valence-corrected chi connectivity index (χ0v) is 9.53. The Morgan fingerprint density at radius 1 is 1.50 bits per heavy atom. The Balaban J connectivity index is 1.95. The molecular formula is C10H13BrN2O. The second-order valence-electron chi connectivity index (χ2n) is 3.56. The molecule has 2 heterocycles. The zero-order valence-electron chi connectivity index (χ0n) is 7.95. The minimum atomic E-state index is 0.340. The molecule has 14 heavy (non-hydrogen) atoms. The Morgan fingerprint density at radius 3 is 3.14 bits per heavy atom. The molecule has 0 radical (unpaired) electrons. The van der Waals surface area contributed by atoms with E-state index in [1.54, 1.807) is 6.20 Å². The van der Waals surface area contributed by atoms with Gasteiger partial charge in [-0.1, -0.05) is 0 Å². The van der Waals surface area contributed by atoms with Gasteiger partial charge in [-0.3, -0.25) is 0 Å². The molecule has 0 saturated carbocycles. The van der Waals surface area contributed by atoms with E-state index in [0.29, 0.717) is 6.10 Å². The highest BCUT2D eigenvalue weighted by atomic mass is 79.9. The van der Waals surface area contributed by atoms with Crippen molar-refractivity contribution in [1.82, 2.24) is 10.2 Å². The summed E-state index contributed by atoms with van der Waals surface area (Å²) in [4.78, 5) is 0. The lowest BCUT2D eigenvalue weighted by Crippen LogP contribution is -2.21. The van der Waals surface area contributed by atoms with Gasteiger partial charge in [-0.05, 0) is 41.3 Å². The fourth-order valence-electron chi connectivity index (χ4n) is 1.68. The predicted molar refractivity (Wildman–Crippen MR) is 57.0 cm³/mol. The second kappa shape index (κ2) is 4.84. The van der Waals surface area contributed by atoms with E-state index in [1.807, 2.05) is 6.07 Å². The highest BCUT2D eigenvalue weighted by Crippen LogP contribution is 2.17. The van der Waals surface area contributed by atoms with E-state index in [0.717, 1.165) is 29.6 Å². The number of aromatic nitrogens is 2. The average Bonchev–Trinajstić information content (AvgIpc) is 2.19. The molecule has 1 aromatic rings. The van der Waals surface area contributed by atoms with Crippen LogP contribution in [0.4, 0.5) is 0 Å². The first-order chi connectivity index (χ1) is 6.84. The van der Waals surface area contributed by atoms with Gasteiger partial charge in [0, 0.05) is 17.5 Å². The monoisotopic (exact) mass is 256 g/mol. The van der Waals surface area contributed by atoms with Crippen LogP contribution in [-0.2, 0) is 11.2 Å². The molecule has 0 aromatic carbocycles. The van der Waals surface area contributed by atoms with Crippen molar-refractivity contribution in [2.75, 3.05) is 6.61 Å². The smallest absolute Gasteiger partial charge is 0.0668 e. The summed E-state index contributed by atoms with van der Waals surface area (Å²) in [7, 11) is 0. The predicted octanol–water partition coefficient (Wildman–Crippen LogP) is 2.35. The van der Waals surface area contributed by atoms with Crippen LogP contribution in [0.2, 0.25) is 0 Å². The Bertz CT molecular complexity index is 300. The molecule has 2 rings (SSSR count). The van der Waals surface area contributed by atoms with Gasteiger partial charge >= 0.3 is 0 Å². The molecule has 0 spiro atoms. The summed E-state index contributed by atoms with van der Waals surface area (Å²) in [5.74, 6) is 0. The number of halogens is 1. The maximum absolute atomic E-state index is 5.64. The van der Waals surface area contributed by atoms with Gasteiger partial charge in [0.1, 0.15) is 0 Å². The summed E-state index contributed by atoms with van der Waals surface area (Å²) < 4.78 is 6.62. The van der Waals surface area contributed by atoms with Gasteiger partial charge in [0.2, 0.25) is 0 Å². The lowest BCUT2D eigenvalue weighted by atomic mass is 10.0. The maximum Gasteiger partial charge on any atom is 0.0668 e. The highest BCUT2D eigenvalue weighted by Gasteiger charge is 2.15. The van der Waals surface area contributed by atoms with Crippen molar-refractivity contribution in [3.8, 4) is 0 Å². The summed E-state index contributed by atoms with van der Waals surface area (Å²) in [5.41, 5.74) is 1.01. The molecular weight excluding hydrogens is 244 g/mol. The first kappa shape index (κ1) is 10.1. The van der Waals surface area contributed by atoms with Crippen LogP contribution in [0.3, 0.4) is 0 Å². The van der Waals surface area contributed by atoms with Crippen LogP contribution < -0.4 is 0 Å². The van der Waals surface area contributed by atoms with E-state index in [1.165, 1.54) is 12.8 Å². The Hall–Kier alpha value is -0.480. The van der Waals surface area contributed by atoms with Crippen LogP contribution in [0.25, 0.3) is 0 Å². The van der Waals surface area contributed by atoms with Crippen molar-refractivity contribution in [1.29, 1.82) is 0 Å². The van der Waals surface area contributed by atoms with Crippen molar-refractivity contribution in [2.45, 2.75) is 31.8 Å². The Labute approximate surface area is 92.0 Å². The lowest BCUT2D eigenvalue weighted by molar-refractivity contribution is 0.0161. The van der Waals surface area contributed by atoms with E-state index >= 15 is 0 Å². The molecule has 3 nitrogen and oxygen atoms in total. The quantitative estimate of drug-likeness (QED) is 0.815. The van der Waals surface area contributed by atoms with Gasteiger partial charge in [-0.25, -0.2) is 0 Å². The molecule has 1 aliphatic heterocycles. The SMILES string of the molecule is Brc1cnnc(CC2CCCCO2)c1. The third-order valence-corrected chi connectivity index (χ3v) is 2.82. The summed E-state index contributed by atoms with van der Waals surface area (Å²) in [6.07, 6.45) is 6.53. The van der Waals surface area contributed by atoms with Crippen LogP contribution >= 0.6 is 15.9 Å². The number of hydrogen-bond acceptors (Lipinski definition) is 3. The molecule has 0 N–H and O–H groups in total. The molecule has 0 bridgehead atoms. The molecule has 1 fully saturated rings. The van der Waals surface area contributed by atoms with Gasteiger partial charge < -0.3 is 4.74 Å². The molecule has 1 aliphatic rings. The first-order valence-corrected chi connectivity index (χ1v) is 5.72. The van der Waals surface area contributed by atoms with Crippen molar-refractivity contribution < 1.29 is 4.74 Å². The Morgan fingerprint density at radius 2 is 2.43 bits per heavy atom. The van der Waals surface area contributed by atoms with Crippen LogP contribution in [0, 0.1) is 0 Å². The number of ether oxygens (including phenoxy) is 1. The van der Waals surface area contributed by atoms with E-state index in [4.69, 9.17) is 4.74 Å². The first-order valence-electron chi connectivity index (χ1n) is 4.93. The van der Waals surface area contributed by atoms with E-state index in [-0.39, 0.29) is 0 Å². The number of hydrogen-bond donors (Lipinski definition) is 0. The largest absolute Gasteiger partial charge is 0.378 e. The molecule has 1 atom stereocenters. The standard InChI is InChI=1S/C10H13BrN2O/c11-8-5-9(13-12-7-8)6-10-3-1-2-4-14-10/h5,7,10H,1-4,6H2. The summed E-state index contributed by atoms with van der Waals surface area (Å²) in [5, 5.41) is 7.97. The lowest BCUT2D eigenvalue weighted by Gasteiger charge is -2.21. The van der Waals surface area contributed by atoms with Crippen LogP contribution in [-0.4, -0.2) is 22.9 Å².